The molecule has 3 rings (SSSR count). The van der Waals surface area contributed by atoms with E-state index in [9.17, 15) is 13.5 Å². The predicted molar refractivity (Wildman–Crippen MR) is 138 cm³/mol. The van der Waals surface area contributed by atoms with Gasteiger partial charge in [-0.3, -0.25) is 0 Å². The Morgan fingerprint density at radius 3 is 2.44 bits per heavy atom. The Balaban J connectivity index is 0.00000137. The van der Waals surface area contributed by atoms with Gasteiger partial charge in [0.1, 0.15) is 4.90 Å². The SMILES string of the molecule is C=C/C(=C\C=C/C)CNc1nonc1Nc1cccc(S(=O)(=O)N2CCCC2)c1O.CC.CC. The second kappa shape index (κ2) is 14.9. The number of hydrogen-bond donors (Lipinski definition) is 3. The van der Waals surface area contributed by atoms with Gasteiger partial charge in [0.05, 0.1) is 5.69 Å². The van der Waals surface area contributed by atoms with Crippen LogP contribution >= 0.6 is 0 Å². The van der Waals surface area contributed by atoms with E-state index in [2.05, 4.69) is 27.5 Å². The topological polar surface area (TPSA) is 121 Å². The minimum Gasteiger partial charge on any atom is -0.504 e. The van der Waals surface area contributed by atoms with Crippen LogP contribution in [0.5, 0.6) is 5.75 Å². The number of para-hydroxylation sites is 1. The van der Waals surface area contributed by atoms with Gasteiger partial charge in [0.25, 0.3) is 0 Å². The molecule has 0 bridgehead atoms. The number of sulfonamides is 1. The molecule has 0 unspecified atom stereocenters. The molecule has 1 aliphatic heterocycles. The quantitative estimate of drug-likeness (QED) is 0.312. The molecule has 1 aromatic heterocycles. The average molecular weight is 492 g/mol. The van der Waals surface area contributed by atoms with Crippen LogP contribution in [0.15, 0.2) is 64.2 Å². The van der Waals surface area contributed by atoms with E-state index >= 15 is 0 Å². The van der Waals surface area contributed by atoms with E-state index in [4.69, 9.17) is 4.63 Å². The third kappa shape index (κ3) is 7.46. The van der Waals surface area contributed by atoms with Crippen LogP contribution < -0.4 is 10.6 Å². The number of benzene rings is 1. The number of aromatic hydroxyl groups is 1. The fraction of sp³-hybridized carbons (Fsp3) is 0.417. The molecule has 0 spiro atoms. The van der Waals surface area contributed by atoms with Gasteiger partial charge in [-0.2, -0.15) is 4.31 Å². The smallest absolute Gasteiger partial charge is 0.246 e. The summed E-state index contributed by atoms with van der Waals surface area (Å²) in [5.74, 6) is 0.156. The third-order valence-electron chi connectivity index (χ3n) is 4.65. The molecule has 1 fully saturated rings. The zero-order chi connectivity index (χ0) is 25.6. The number of hydrogen-bond acceptors (Lipinski definition) is 8. The van der Waals surface area contributed by atoms with Gasteiger partial charge in [-0.05, 0) is 47.8 Å². The number of aromatic nitrogens is 2. The molecule has 188 valence electrons. The van der Waals surface area contributed by atoms with Gasteiger partial charge in [0, 0.05) is 19.6 Å². The third-order valence-corrected chi connectivity index (χ3v) is 6.58. The number of nitrogens with zero attached hydrogens (tertiary/aromatic N) is 3. The van der Waals surface area contributed by atoms with Crippen molar-refractivity contribution in [1.82, 2.24) is 14.6 Å². The minimum atomic E-state index is -3.77. The summed E-state index contributed by atoms with van der Waals surface area (Å²) in [6, 6.07) is 4.50. The number of allylic oxidation sites excluding steroid dienone is 3. The summed E-state index contributed by atoms with van der Waals surface area (Å²) in [5.41, 5.74) is 1.10. The van der Waals surface area contributed by atoms with Crippen LogP contribution in [0.25, 0.3) is 0 Å². The van der Waals surface area contributed by atoms with Crippen molar-refractivity contribution in [3.63, 3.8) is 0 Å². The number of nitrogens with one attached hydrogen (secondary N) is 2. The van der Waals surface area contributed by atoms with E-state index in [1.54, 1.807) is 18.2 Å². The monoisotopic (exact) mass is 491 g/mol. The van der Waals surface area contributed by atoms with Crippen LogP contribution in [0.3, 0.4) is 0 Å². The number of phenolic OH excluding ortho intramolecular Hbond substituents is 1. The summed E-state index contributed by atoms with van der Waals surface area (Å²) in [7, 11) is -3.77. The zero-order valence-corrected chi connectivity index (χ0v) is 21.5. The summed E-state index contributed by atoms with van der Waals surface area (Å²) < 4.78 is 31.8. The van der Waals surface area contributed by atoms with Crippen molar-refractivity contribution in [2.24, 2.45) is 0 Å². The number of rotatable bonds is 9. The molecule has 1 aromatic carbocycles. The van der Waals surface area contributed by atoms with Crippen LogP contribution in [0.1, 0.15) is 47.5 Å². The lowest BCUT2D eigenvalue weighted by atomic mass is 10.2. The lowest BCUT2D eigenvalue weighted by molar-refractivity contribution is 0.310. The highest BCUT2D eigenvalue weighted by Gasteiger charge is 2.30. The molecule has 0 saturated carbocycles. The van der Waals surface area contributed by atoms with Crippen molar-refractivity contribution >= 4 is 27.3 Å². The van der Waals surface area contributed by atoms with Crippen LogP contribution in [0.2, 0.25) is 0 Å². The standard InChI is InChI=1S/C20H25N5O4S.2C2H6/c1-3-5-9-15(4-2)14-21-19-20(24-29-23-19)22-16-10-8-11-17(18(16)26)30(27,28)25-12-6-7-13-25;2*1-2/h3-5,8-11,26H,2,6-7,12-14H2,1H3,(H,21,23)(H,22,24);2*1-2H3/b5-3-,15-9+;;. The molecule has 34 heavy (non-hydrogen) atoms. The number of phenols is 1. The number of anilines is 3. The Bertz CT molecular complexity index is 1060. The molecule has 2 aromatic rings. The molecule has 1 saturated heterocycles. The first-order valence-electron chi connectivity index (χ1n) is 11.6. The Morgan fingerprint density at radius 2 is 1.82 bits per heavy atom. The second-order valence-electron chi connectivity index (χ2n) is 6.67. The second-order valence-corrected chi connectivity index (χ2v) is 8.58. The predicted octanol–water partition coefficient (Wildman–Crippen LogP) is 5.46. The average Bonchev–Trinajstić information content (AvgIpc) is 3.56. The molecule has 1 aliphatic rings. The van der Waals surface area contributed by atoms with E-state index in [0.29, 0.717) is 25.5 Å². The molecule has 3 N–H and O–H groups in total. The first kappa shape index (κ1) is 28.9. The molecule has 0 amide bonds. The lowest BCUT2D eigenvalue weighted by Gasteiger charge is -2.17. The van der Waals surface area contributed by atoms with Crippen molar-refractivity contribution in [2.75, 3.05) is 30.3 Å². The minimum absolute atomic E-state index is 0.149. The Morgan fingerprint density at radius 1 is 1.18 bits per heavy atom. The van der Waals surface area contributed by atoms with Crippen molar-refractivity contribution < 1.29 is 18.2 Å². The highest BCUT2D eigenvalue weighted by Crippen LogP contribution is 2.36. The summed E-state index contributed by atoms with van der Waals surface area (Å²) in [6.07, 6.45) is 9.04. The zero-order valence-electron chi connectivity index (χ0n) is 20.7. The van der Waals surface area contributed by atoms with Crippen molar-refractivity contribution in [3.8, 4) is 5.75 Å². The summed E-state index contributed by atoms with van der Waals surface area (Å²) in [6.45, 7) is 15.0. The molecule has 0 atom stereocenters. The van der Waals surface area contributed by atoms with Crippen molar-refractivity contribution in [1.29, 1.82) is 0 Å². The summed E-state index contributed by atoms with van der Waals surface area (Å²) >= 11 is 0. The van der Waals surface area contributed by atoms with E-state index in [0.717, 1.165) is 18.4 Å². The van der Waals surface area contributed by atoms with E-state index < -0.39 is 10.0 Å². The maximum atomic E-state index is 12.8. The van der Waals surface area contributed by atoms with E-state index in [-0.39, 0.29) is 22.2 Å². The largest absolute Gasteiger partial charge is 0.504 e. The van der Waals surface area contributed by atoms with Gasteiger partial charge in [0.2, 0.25) is 21.7 Å². The van der Waals surface area contributed by atoms with Gasteiger partial charge >= 0.3 is 0 Å². The molecule has 10 heteroatoms. The fourth-order valence-corrected chi connectivity index (χ4v) is 4.64. The maximum Gasteiger partial charge on any atom is 0.246 e. The van der Waals surface area contributed by atoms with Gasteiger partial charge in [-0.1, -0.05) is 64.6 Å². The van der Waals surface area contributed by atoms with Crippen molar-refractivity contribution in [3.05, 3.63) is 54.7 Å². The van der Waals surface area contributed by atoms with Gasteiger partial charge in [-0.15, -0.1) is 0 Å². The molecule has 2 heterocycles. The van der Waals surface area contributed by atoms with Crippen LogP contribution in [-0.4, -0.2) is 47.8 Å². The highest BCUT2D eigenvalue weighted by molar-refractivity contribution is 7.89. The van der Waals surface area contributed by atoms with E-state index in [1.165, 1.54) is 10.4 Å². The maximum absolute atomic E-state index is 12.8. The first-order valence-corrected chi connectivity index (χ1v) is 13.0. The molecular formula is C24H37N5O4S. The Labute approximate surface area is 203 Å². The van der Waals surface area contributed by atoms with Gasteiger partial charge in [0.15, 0.2) is 5.75 Å². The summed E-state index contributed by atoms with van der Waals surface area (Å²) in [4.78, 5) is -0.149. The molecule has 9 nitrogen and oxygen atoms in total. The first-order chi connectivity index (χ1) is 16.5. The highest BCUT2D eigenvalue weighted by atomic mass is 32.2. The fourth-order valence-electron chi connectivity index (χ4n) is 3.02. The van der Waals surface area contributed by atoms with Crippen LogP contribution in [0, 0.1) is 0 Å². The molecular weight excluding hydrogens is 454 g/mol. The van der Waals surface area contributed by atoms with E-state index in [1.807, 2.05) is 52.8 Å². The molecule has 0 aliphatic carbocycles. The van der Waals surface area contributed by atoms with Crippen LogP contribution in [-0.2, 0) is 10.0 Å². The lowest BCUT2D eigenvalue weighted by Crippen LogP contribution is -2.28. The van der Waals surface area contributed by atoms with Crippen molar-refractivity contribution in [2.45, 2.75) is 52.4 Å². The van der Waals surface area contributed by atoms with Gasteiger partial charge < -0.3 is 15.7 Å². The summed E-state index contributed by atoms with van der Waals surface area (Å²) in [5, 5.41) is 24.2. The normalized spacial score (nSPS) is 14.1. The van der Waals surface area contributed by atoms with Crippen LogP contribution in [0.4, 0.5) is 17.3 Å². The molecule has 0 radical (unpaired) electrons. The Kier molecular flexibility index (Phi) is 12.7. The Hall–Kier alpha value is -3.11. The van der Waals surface area contributed by atoms with Gasteiger partial charge in [-0.25, -0.2) is 13.0 Å².